The van der Waals surface area contributed by atoms with Crippen molar-refractivity contribution < 1.29 is 5.11 Å². The third-order valence-corrected chi connectivity index (χ3v) is 2.54. The molecule has 0 aliphatic rings. The molecule has 5 nitrogen and oxygen atoms in total. The molecule has 6 heteroatoms. The second-order valence-electron chi connectivity index (χ2n) is 3.35. The van der Waals surface area contributed by atoms with Crippen LogP contribution >= 0.6 is 15.9 Å². The Hall–Kier alpha value is -1.27. The molecule has 2 heterocycles. The largest absolute Gasteiger partial charge is 0.396 e. The molecule has 0 fully saturated rings. The number of pyridine rings is 1. The molecule has 0 amide bonds. The molecule has 2 rings (SSSR count). The van der Waals surface area contributed by atoms with E-state index in [1.165, 1.54) is 0 Å². The summed E-state index contributed by atoms with van der Waals surface area (Å²) in [6, 6.07) is 3.87. The molecule has 0 saturated heterocycles. The molecule has 0 atom stereocenters. The van der Waals surface area contributed by atoms with E-state index >= 15 is 0 Å². The van der Waals surface area contributed by atoms with Crippen LogP contribution in [0.1, 0.15) is 11.4 Å². The van der Waals surface area contributed by atoms with Crippen LogP contribution in [0.5, 0.6) is 0 Å². The maximum Gasteiger partial charge on any atom is 0.0850 e. The van der Waals surface area contributed by atoms with E-state index in [1.54, 1.807) is 10.9 Å². The summed E-state index contributed by atoms with van der Waals surface area (Å²) >= 11 is 3.33. The van der Waals surface area contributed by atoms with Gasteiger partial charge in [-0.1, -0.05) is 5.21 Å². The summed E-state index contributed by atoms with van der Waals surface area (Å²) in [5.74, 6) is 0. The SMILES string of the molecule is OCCc1cn(Cc2ccc(Br)cn2)nn1. The lowest BCUT2D eigenvalue weighted by atomic mass is 10.3. The number of aliphatic hydroxyl groups is 1. The van der Waals surface area contributed by atoms with Gasteiger partial charge in [0.15, 0.2) is 0 Å². The molecule has 0 aromatic carbocycles. The van der Waals surface area contributed by atoms with Gasteiger partial charge in [-0.05, 0) is 28.1 Å². The Kier molecular flexibility index (Phi) is 3.63. The Morgan fingerprint density at radius 1 is 1.31 bits per heavy atom. The van der Waals surface area contributed by atoms with Gasteiger partial charge >= 0.3 is 0 Å². The van der Waals surface area contributed by atoms with Gasteiger partial charge in [0.1, 0.15) is 0 Å². The summed E-state index contributed by atoms with van der Waals surface area (Å²) < 4.78 is 2.66. The molecular weight excluding hydrogens is 272 g/mol. The molecule has 84 valence electrons. The quantitative estimate of drug-likeness (QED) is 0.910. The number of nitrogens with zero attached hydrogens (tertiary/aromatic N) is 4. The van der Waals surface area contributed by atoms with E-state index in [2.05, 4.69) is 31.2 Å². The van der Waals surface area contributed by atoms with Crippen LogP contribution in [0.15, 0.2) is 29.0 Å². The Labute approximate surface area is 101 Å². The van der Waals surface area contributed by atoms with Crippen molar-refractivity contribution in [3.8, 4) is 0 Å². The highest BCUT2D eigenvalue weighted by molar-refractivity contribution is 9.10. The molecule has 16 heavy (non-hydrogen) atoms. The van der Waals surface area contributed by atoms with Crippen molar-refractivity contribution in [2.75, 3.05) is 6.61 Å². The first kappa shape index (κ1) is 11.2. The van der Waals surface area contributed by atoms with Crippen molar-refractivity contribution in [1.29, 1.82) is 0 Å². The maximum absolute atomic E-state index is 8.75. The average Bonchev–Trinajstić information content (AvgIpc) is 2.70. The van der Waals surface area contributed by atoms with Crippen LogP contribution in [0.3, 0.4) is 0 Å². The van der Waals surface area contributed by atoms with Gasteiger partial charge in [-0.3, -0.25) is 4.98 Å². The van der Waals surface area contributed by atoms with Gasteiger partial charge in [0.25, 0.3) is 0 Å². The minimum absolute atomic E-state index is 0.0925. The second-order valence-corrected chi connectivity index (χ2v) is 4.26. The van der Waals surface area contributed by atoms with Crippen LogP contribution in [-0.2, 0) is 13.0 Å². The summed E-state index contributed by atoms with van der Waals surface area (Å²) in [6.07, 6.45) is 4.11. The number of rotatable bonds is 4. The van der Waals surface area contributed by atoms with Gasteiger partial charge in [-0.2, -0.15) is 0 Å². The van der Waals surface area contributed by atoms with Crippen molar-refractivity contribution in [2.24, 2.45) is 0 Å². The standard InChI is InChI=1S/C10H11BrN4O/c11-8-1-2-9(12-5-8)6-15-7-10(3-4-16)13-14-15/h1-2,5,7,16H,3-4,6H2. The molecule has 2 aromatic heterocycles. The van der Waals surface area contributed by atoms with Crippen LogP contribution < -0.4 is 0 Å². The van der Waals surface area contributed by atoms with Gasteiger partial charge in [0.05, 0.1) is 17.9 Å². The maximum atomic E-state index is 8.75. The van der Waals surface area contributed by atoms with E-state index < -0.39 is 0 Å². The lowest BCUT2D eigenvalue weighted by molar-refractivity contribution is 0.298. The Balaban J connectivity index is 2.05. The first-order chi connectivity index (χ1) is 7.78. The molecule has 1 N–H and O–H groups in total. The fourth-order valence-electron chi connectivity index (χ4n) is 1.31. The summed E-state index contributed by atoms with van der Waals surface area (Å²) in [6.45, 7) is 0.681. The molecule has 0 spiro atoms. The van der Waals surface area contributed by atoms with E-state index in [9.17, 15) is 0 Å². The number of aromatic nitrogens is 4. The minimum Gasteiger partial charge on any atom is -0.396 e. The van der Waals surface area contributed by atoms with Crippen LogP contribution in [0.2, 0.25) is 0 Å². The number of aliphatic hydroxyl groups excluding tert-OH is 1. The highest BCUT2D eigenvalue weighted by Gasteiger charge is 2.01. The third kappa shape index (κ3) is 2.86. The number of hydrogen-bond acceptors (Lipinski definition) is 4. The summed E-state index contributed by atoms with van der Waals surface area (Å²) in [5.41, 5.74) is 1.71. The van der Waals surface area contributed by atoms with E-state index in [0.717, 1.165) is 15.9 Å². The lowest BCUT2D eigenvalue weighted by Gasteiger charge is -1.99. The second kappa shape index (κ2) is 5.18. The first-order valence-corrected chi connectivity index (χ1v) is 5.67. The van der Waals surface area contributed by atoms with Crippen LogP contribution in [0, 0.1) is 0 Å². The van der Waals surface area contributed by atoms with Gasteiger partial charge in [0.2, 0.25) is 0 Å². The van der Waals surface area contributed by atoms with E-state index in [1.807, 2.05) is 18.3 Å². The zero-order valence-electron chi connectivity index (χ0n) is 8.54. The van der Waals surface area contributed by atoms with Gasteiger partial charge < -0.3 is 5.11 Å². The molecule has 0 aliphatic heterocycles. The van der Waals surface area contributed by atoms with Crippen molar-refractivity contribution in [2.45, 2.75) is 13.0 Å². The molecule has 0 aliphatic carbocycles. The summed E-state index contributed by atoms with van der Waals surface area (Å²) in [5, 5.41) is 16.6. The smallest absolute Gasteiger partial charge is 0.0850 e. The molecule has 0 saturated carbocycles. The van der Waals surface area contributed by atoms with Gasteiger partial charge in [-0.15, -0.1) is 5.10 Å². The average molecular weight is 283 g/mol. The van der Waals surface area contributed by atoms with Crippen molar-refractivity contribution in [1.82, 2.24) is 20.0 Å². The van der Waals surface area contributed by atoms with Gasteiger partial charge in [-0.25, -0.2) is 4.68 Å². The zero-order chi connectivity index (χ0) is 11.4. The monoisotopic (exact) mass is 282 g/mol. The third-order valence-electron chi connectivity index (χ3n) is 2.07. The van der Waals surface area contributed by atoms with E-state index in [-0.39, 0.29) is 6.61 Å². The number of halogens is 1. The summed E-state index contributed by atoms with van der Waals surface area (Å²) in [7, 11) is 0. The van der Waals surface area contributed by atoms with Crippen molar-refractivity contribution in [3.63, 3.8) is 0 Å². The fraction of sp³-hybridized carbons (Fsp3) is 0.300. The normalized spacial score (nSPS) is 10.6. The van der Waals surface area contributed by atoms with Gasteiger partial charge in [0, 0.05) is 29.9 Å². The Morgan fingerprint density at radius 3 is 2.88 bits per heavy atom. The first-order valence-electron chi connectivity index (χ1n) is 4.88. The molecule has 0 radical (unpaired) electrons. The Morgan fingerprint density at radius 2 is 2.19 bits per heavy atom. The fourth-order valence-corrected chi connectivity index (χ4v) is 1.55. The molecular formula is C10H11BrN4O. The van der Waals surface area contributed by atoms with Crippen molar-refractivity contribution in [3.05, 3.63) is 40.4 Å². The van der Waals surface area contributed by atoms with E-state index in [4.69, 9.17) is 5.11 Å². The topological polar surface area (TPSA) is 63.8 Å². The van der Waals surface area contributed by atoms with Crippen LogP contribution in [0.25, 0.3) is 0 Å². The molecule has 0 bridgehead atoms. The predicted molar refractivity (Wildman–Crippen MR) is 61.9 cm³/mol. The highest BCUT2D eigenvalue weighted by Crippen LogP contribution is 2.08. The van der Waals surface area contributed by atoms with E-state index in [0.29, 0.717) is 13.0 Å². The lowest BCUT2D eigenvalue weighted by Crippen LogP contribution is -2.02. The molecule has 0 unspecified atom stereocenters. The van der Waals surface area contributed by atoms with Crippen LogP contribution in [-0.4, -0.2) is 31.7 Å². The summed E-state index contributed by atoms with van der Waals surface area (Å²) in [4.78, 5) is 4.24. The number of hydrogen-bond donors (Lipinski definition) is 1. The highest BCUT2D eigenvalue weighted by atomic mass is 79.9. The van der Waals surface area contributed by atoms with Crippen molar-refractivity contribution >= 4 is 15.9 Å². The van der Waals surface area contributed by atoms with Crippen LogP contribution in [0.4, 0.5) is 0 Å². The predicted octanol–water partition coefficient (Wildman–Crippen LogP) is 1.02. The molecule has 2 aromatic rings. The Bertz CT molecular complexity index is 454. The minimum atomic E-state index is 0.0925. The zero-order valence-corrected chi connectivity index (χ0v) is 10.1.